The van der Waals surface area contributed by atoms with Crippen LogP contribution in [0.4, 0.5) is 0 Å². The van der Waals surface area contributed by atoms with Gasteiger partial charge in [0.2, 0.25) is 0 Å². The first-order valence-corrected chi connectivity index (χ1v) is 5.25. The summed E-state index contributed by atoms with van der Waals surface area (Å²) in [7, 11) is 3.69. The van der Waals surface area contributed by atoms with Crippen molar-refractivity contribution in [3.05, 3.63) is 0 Å². The van der Waals surface area contributed by atoms with E-state index in [1.807, 2.05) is 0 Å². The van der Waals surface area contributed by atoms with Crippen molar-refractivity contribution >= 4 is 25.4 Å². The predicted octanol–water partition coefficient (Wildman–Crippen LogP) is 0.956. The van der Waals surface area contributed by atoms with Crippen LogP contribution in [0.5, 0.6) is 0 Å². The Kier molecular flexibility index (Phi) is 3.26. The van der Waals surface area contributed by atoms with E-state index < -0.39 is 7.53 Å². The SMILES string of the molecule is OP(P)P. The first-order chi connectivity index (χ1) is 1.73. The van der Waals surface area contributed by atoms with Crippen LogP contribution in [0.2, 0.25) is 0 Å². The Labute approximate surface area is 31.2 Å². The van der Waals surface area contributed by atoms with Gasteiger partial charge in [-0.1, -0.05) is 17.9 Å². The fourth-order valence-corrected chi connectivity index (χ4v) is 0. The summed E-state index contributed by atoms with van der Waals surface area (Å²) in [5, 5.41) is 0. The average Bonchev–Trinajstić information content (AvgIpc) is 0.811. The second-order valence-electron chi connectivity index (χ2n) is 0.380. The number of hydrogen-bond acceptors (Lipinski definition) is 1. The Balaban J connectivity index is 2.32. The third kappa shape index (κ3) is 10.5. The van der Waals surface area contributed by atoms with Crippen molar-refractivity contribution in [2.75, 3.05) is 0 Å². The van der Waals surface area contributed by atoms with Gasteiger partial charge in [-0.05, 0) is 0 Å². The van der Waals surface area contributed by atoms with E-state index in [0.29, 0.717) is 0 Å². The van der Waals surface area contributed by atoms with Crippen LogP contribution in [0.15, 0.2) is 0 Å². The van der Waals surface area contributed by atoms with Crippen LogP contribution in [0, 0.1) is 0 Å². The van der Waals surface area contributed by atoms with E-state index in [-0.39, 0.29) is 0 Å². The largest absolute Gasteiger partial charge is 0.366 e. The highest BCUT2D eigenvalue weighted by Gasteiger charge is 1.68. The van der Waals surface area contributed by atoms with Crippen molar-refractivity contribution in [3.8, 4) is 0 Å². The van der Waals surface area contributed by atoms with Crippen LogP contribution in [0.3, 0.4) is 0 Å². The summed E-state index contributed by atoms with van der Waals surface area (Å²) >= 11 is 0. The van der Waals surface area contributed by atoms with Gasteiger partial charge in [0.25, 0.3) is 0 Å². The Bertz CT molecular complexity index is 8.00. The van der Waals surface area contributed by atoms with Gasteiger partial charge in [-0.25, -0.2) is 0 Å². The van der Waals surface area contributed by atoms with E-state index in [1.165, 1.54) is 0 Å². The van der Waals surface area contributed by atoms with Crippen molar-refractivity contribution in [2.45, 2.75) is 0 Å². The van der Waals surface area contributed by atoms with E-state index >= 15 is 0 Å². The summed E-state index contributed by atoms with van der Waals surface area (Å²) in [5.74, 6) is 0. The Morgan fingerprint density at radius 2 is 1.50 bits per heavy atom. The minimum absolute atomic E-state index is 0.787. The molecule has 0 heterocycles. The van der Waals surface area contributed by atoms with Crippen LogP contribution in [0.1, 0.15) is 0 Å². The van der Waals surface area contributed by atoms with Crippen molar-refractivity contribution < 1.29 is 4.89 Å². The molecule has 0 aromatic heterocycles. The summed E-state index contributed by atoms with van der Waals surface area (Å²) in [6.45, 7) is 0. The van der Waals surface area contributed by atoms with E-state index in [1.54, 1.807) is 0 Å². The maximum atomic E-state index is 8.05. The minimum Gasteiger partial charge on any atom is -0.366 e. The Hall–Kier alpha value is 1.25. The molecule has 0 aliphatic heterocycles. The molecule has 1 N–H and O–H groups in total. The number of hydrogen-bond donors (Lipinski definition) is 1. The van der Waals surface area contributed by atoms with Gasteiger partial charge in [0, 0.05) is 0 Å². The summed E-state index contributed by atoms with van der Waals surface area (Å²) in [4.78, 5) is 8.05. The van der Waals surface area contributed by atoms with Crippen molar-refractivity contribution in [1.82, 2.24) is 0 Å². The molecular formula is H5OP3. The lowest BCUT2D eigenvalue weighted by Crippen LogP contribution is -1.20. The molecule has 0 aliphatic rings. The maximum Gasteiger partial charge on any atom is 0.0599 e. The van der Waals surface area contributed by atoms with Crippen molar-refractivity contribution in [1.29, 1.82) is 0 Å². The van der Waals surface area contributed by atoms with Gasteiger partial charge in [-0.3, -0.25) is 0 Å². The van der Waals surface area contributed by atoms with Crippen LogP contribution in [-0.2, 0) is 0 Å². The average molecular weight is 114 g/mol. The fourth-order valence-electron chi connectivity index (χ4n) is 0. The van der Waals surface area contributed by atoms with E-state index in [0.717, 1.165) is 0 Å². The highest BCUT2D eigenvalue weighted by molar-refractivity contribution is 8.40. The normalized spacial score (nSPS) is 9.00. The van der Waals surface area contributed by atoms with Crippen LogP contribution < -0.4 is 0 Å². The Morgan fingerprint density at radius 3 is 1.50 bits per heavy atom. The molecule has 0 amide bonds. The molecule has 4 heteroatoms. The summed E-state index contributed by atoms with van der Waals surface area (Å²) in [6, 6.07) is 0. The molecule has 0 saturated heterocycles. The third-order valence-electron chi connectivity index (χ3n) is 0. The predicted molar refractivity (Wildman–Crippen MR) is 28.6 cm³/mol. The zero-order chi connectivity index (χ0) is 3.58. The summed E-state index contributed by atoms with van der Waals surface area (Å²) in [5.41, 5.74) is 0. The molecule has 2 unspecified atom stereocenters. The fraction of sp³-hybridized carbons (Fsp3) is 0. The second kappa shape index (κ2) is 2.49. The zero-order valence-corrected chi connectivity index (χ0v) is 5.25. The summed E-state index contributed by atoms with van der Waals surface area (Å²) < 4.78 is 0. The molecule has 2 atom stereocenters. The van der Waals surface area contributed by atoms with Gasteiger partial charge in [0.05, 0.1) is 7.53 Å². The molecule has 0 radical (unpaired) electrons. The first-order valence-electron chi connectivity index (χ1n) is 0.716. The molecule has 0 spiro atoms. The Morgan fingerprint density at radius 1 is 1.50 bits per heavy atom. The molecule has 4 heavy (non-hydrogen) atoms. The van der Waals surface area contributed by atoms with Gasteiger partial charge in [-0.2, -0.15) is 0 Å². The first kappa shape index (κ1) is 5.25. The van der Waals surface area contributed by atoms with E-state index in [9.17, 15) is 0 Å². The van der Waals surface area contributed by atoms with Crippen molar-refractivity contribution in [2.24, 2.45) is 0 Å². The van der Waals surface area contributed by atoms with Crippen LogP contribution in [0.25, 0.3) is 0 Å². The minimum atomic E-state index is -0.787. The molecule has 0 saturated carbocycles. The van der Waals surface area contributed by atoms with Gasteiger partial charge in [-0.15, -0.1) is 0 Å². The third-order valence-corrected chi connectivity index (χ3v) is 0. The zero-order valence-electron chi connectivity index (χ0n) is 2.05. The van der Waals surface area contributed by atoms with Gasteiger partial charge in [0.1, 0.15) is 0 Å². The molecule has 0 fully saturated rings. The number of rotatable bonds is 0. The molecular weight excluding hydrogens is 109 g/mol. The molecule has 26 valence electrons. The molecule has 0 rings (SSSR count). The molecule has 0 aromatic carbocycles. The van der Waals surface area contributed by atoms with Gasteiger partial charge < -0.3 is 4.89 Å². The van der Waals surface area contributed by atoms with Crippen LogP contribution in [-0.4, -0.2) is 4.89 Å². The highest BCUT2D eigenvalue weighted by Crippen LogP contribution is 2.47. The summed E-state index contributed by atoms with van der Waals surface area (Å²) in [6.07, 6.45) is 0. The van der Waals surface area contributed by atoms with Gasteiger partial charge in [0.15, 0.2) is 0 Å². The monoisotopic (exact) mass is 114 g/mol. The topological polar surface area (TPSA) is 20.2 Å². The van der Waals surface area contributed by atoms with Crippen LogP contribution >= 0.6 is 25.4 Å². The lowest BCUT2D eigenvalue weighted by Gasteiger charge is -1.80. The molecule has 0 aromatic rings. The maximum absolute atomic E-state index is 8.05. The quantitative estimate of drug-likeness (QED) is 0.465. The second-order valence-corrected chi connectivity index (χ2v) is 6.10. The highest BCUT2D eigenvalue weighted by atomic mass is 32.4. The standard InChI is InChI=1S/H5OP3/c1-4(2)3/h1H,2-3H2. The van der Waals surface area contributed by atoms with Crippen molar-refractivity contribution in [3.63, 3.8) is 0 Å². The lowest BCUT2D eigenvalue weighted by atomic mass is 15.9. The molecule has 0 bridgehead atoms. The van der Waals surface area contributed by atoms with E-state index in [4.69, 9.17) is 4.89 Å². The molecule has 0 aliphatic carbocycles. The van der Waals surface area contributed by atoms with Gasteiger partial charge >= 0.3 is 0 Å². The molecule has 1 nitrogen and oxygen atoms in total. The smallest absolute Gasteiger partial charge is 0.0599 e. The lowest BCUT2D eigenvalue weighted by molar-refractivity contribution is 0.656. The van der Waals surface area contributed by atoms with E-state index in [2.05, 4.69) is 17.9 Å².